The van der Waals surface area contributed by atoms with E-state index in [4.69, 9.17) is 19.1 Å². The second-order valence-corrected chi connectivity index (χ2v) is 7.57. The molecule has 0 saturated carbocycles. The van der Waals surface area contributed by atoms with Crippen molar-refractivity contribution in [2.24, 2.45) is 0 Å². The van der Waals surface area contributed by atoms with Gasteiger partial charge in [-0.25, -0.2) is 0 Å². The Morgan fingerprint density at radius 2 is 1.34 bits per heavy atom. The molecule has 0 bridgehead atoms. The van der Waals surface area contributed by atoms with Crippen molar-refractivity contribution in [3.63, 3.8) is 0 Å². The number of hydrogen-bond donors (Lipinski definition) is 4. The highest BCUT2D eigenvalue weighted by Gasteiger charge is 2.20. The van der Waals surface area contributed by atoms with Crippen LogP contribution in [-0.2, 0) is 0 Å². The second-order valence-electron chi connectivity index (χ2n) is 7.57. The number of aliphatic hydroxyl groups is 2. The molecule has 4 rings (SSSR count). The molecule has 32 heavy (non-hydrogen) atoms. The average molecular weight is 445 g/mol. The number of hydrogen-bond acceptors (Lipinski definition) is 5. The molecule has 0 saturated heterocycles. The Morgan fingerprint density at radius 1 is 0.844 bits per heavy atom. The molecule has 4 N–H and O–H groups in total. The van der Waals surface area contributed by atoms with Gasteiger partial charge in [0.05, 0.1) is 0 Å². The molecule has 0 aliphatic rings. The Labute approximate surface area is 197 Å². The minimum Gasteiger partial charge on any atom is -0.490 e. The van der Waals surface area contributed by atoms with Crippen molar-refractivity contribution in [2.75, 3.05) is 26.3 Å². The van der Waals surface area contributed by atoms with E-state index < -0.39 is 45.0 Å². The number of nitrogens with zero attached hydrogens (tertiary/aromatic N) is 1. The van der Waals surface area contributed by atoms with Crippen molar-refractivity contribution >= 4 is 21.8 Å². The third-order valence-electron chi connectivity index (χ3n) is 5.15. The SMILES string of the molecule is [2H]C([2H])([2H])C([2H])(N(CC(O)COc1cccc2[nH]ccc12)CC(O)COc1cccc2[nH]ccc12)C([2H])([2H])[2H]. The van der Waals surface area contributed by atoms with Crippen molar-refractivity contribution in [1.82, 2.24) is 14.9 Å². The monoisotopic (exact) mass is 444 g/mol. The molecule has 0 radical (unpaired) electrons. The lowest BCUT2D eigenvalue weighted by Crippen LogP contribution is -2.45. The zero-order valence-corrected chi connectivity index (χ0v) is 17.4. The maximum Gasteiger partial charge on any atom is 0.128 e. The van der Waals surface area contributed by atoms with Crippen LogP contribution in [0.1, 0.15) is 23.3 Å². The predicted octanol–water partition coefficient (Wildman–Crippen LogP) is 3.54. The van der Waals surface area contributed by atoms with Crippen molar-refractivity contribution in [1.29, 1.82) is 0 Å². The highest BCUT2D eigenvalue weighted by molar-refractivity contribution is 5.86. The van der Waals surface area contributed by atoms with Crippen LogP contribution in [0.2, 0.25) is 0 Å². The van der Waals surface area contributed by atoms with Crippen LogP contribution in [0.25, 0.3) is 21.8 Å². The van der Waals surface area contributed by atoms with Gasteiger partial charge in [-0.15, -0.1) is 0 Å². The molecule has 4 aromatic rings. The van der Waals surface area contributed by atoms with Gasteiger partial charge in [-0.2, -0.15) is 0 Å². The standard InChI is InChI=1S/C25H31N3O4/c1-17(2)28(13-18(29)15-31-24-7-3-5-22-20(24)9-11-26-22)14-19(30)16-32-25-8-4-6-23-21(25)10-12-27-23/h3-12,17-19,26-27,29-30H,13-16H2,1-2H3/i1D3,2D3,17D. The Kier molecular flexibility index (Phi) is 4.71. The van der Waals surface area contributed by atoms with Gasteiger partial charge in [0.15, 0.2) is 0 Å². The van der Waals surface area contributed by atoms with Crippen LogP contribution < -0.4 is 9.47 Å². The molecule has 2 atom stereocenters. The van der Waals surface area contributed by atoms with E-state index in [1.807, 2.05) is 12.1 Å². The van der Waals surface area contributed by atoms with E-state index in [1.165, 1.54) is 0 Å². The van der Waals surface area contributed by atoms with E-state index in [9.17, 15) is 10.2 Å². The van der Waals surface area contributed by atoms with Gasteiger partial charge in [-0.1, -0.05) is 12.1 Å². The largest absolute Gasteiger partial charge is 0.490 e. The van der Waals surface area contributed by atoms with E-state index >= 15 is 0 Å². The third-order valence-corrected chi connectivity index (χ3v) is 5.15. The lowest BCUT2D eigenvalue weighted by molar-refractivity contribution is 0.0200. The minimum absolute atomic E-state index is 0.305. The smallest absolute Gasteiger partial charge is 0.128 e. The fourth-order valence-corrected chi connectivity index (χ4v) is 3.61. The van der Waals surface area contributed by atoms with E-state index in [0.717, 1.165) is 26.7 Å². The minimum atomic E-state index is -3.30. The van der Waals surface area contributed by atoms with Crippen LogP contribution in [0.15, 0.2) is 60.9 Å². The van der Waals surface area contributed by atoms with Gasteiger partial charge in [0.2, 0.25) is 0 Å². The number of aromatic nitrogens is 2. The fraction of sp³-hybridized carbons (Fsp3) is 0.360. The van der Waals surface area contributed by atoms with Crippen molar-refractivity contribution in [3.05, 3.63) is 60.9 Å². The molecule has 7 nitrogen and oxygen atoms in total. The molecule has 7 heteroatoms. The summed E-state index contributed by atoms with van der Waals surface area (Å²) in [4.78, 5) is 6.86. The first-order valence-electron chi connectivity index (χ1n) is 13.8. The maximum absolute atomic E-state index is 10.8. The van der Waals surface area contributed by atoms with E-state index in [2.05, 4.69) is 9.97 Å². The van der Waals surface area contributed by atoms with Gasteiger partial charge in [0.25, 0.3) is 0 Å². The van der Waals surface area contributed by atoms with Gasteiger partial charge in [-0.3, -0.25) is 4.90 Å². The van der Waals surface area contributed by atoms with E-state index in [-0.39, 0.29) is 13.2 Å². The van der Waals surface area contributed by atoms with Crippen LogP contribution in [0.4, 0.5) is 0 Å². The molecule has 0 aliphatic heterocycles. The van der Waals surface area contributed by atoms with Gasteiger partial charge < -0.3 is 29.7 Å². The van der Waals surface area contributed by atoms with Crippen molar-refractivity contribution < 1.29 is 29.3 Å². The Hall–Kier alpha value is -3.00. The van der Waals surface area contributed by atoms with E-state index in [0.29, 0.717) is 11.5 Å². The summed E-state index contributed by atoms with van der Waals surface area (Å²) in [6, 6.07) is 11.1. The Bertz CT molecular complexity index is 1290. The lowest BCUT2D eigenvalue weighted by Gasteiger charge is -2.30. The molecule has 170 valence electrons. The topological polar surface area (TPSA) is 93.7 Å². The first-order valence-corrected chi connectivity index (χ1v) is 10.3. The van der Waals surface area contributed by atoms with Crippen LogP contribution in [0.3, 0.4) is 0 Å². The summed E-state index contributed by atoms with van der Waals surface area (Å²) in [6.45, 7) is -8.33. The number of fused-ring (bicyclic) bond motifs is 2. The normalized spacial score (nSPS) is 18.2. The summed E-state index contributed by atoms with van der Waals surface area (Å²) in [5, 5.41) is 23.1. The average Bonchev–Trinajstić information content (AvgIpc) is 3.54. The van der Waals surface area contributed by atoms with Gasteiger partial charge >= 0.3 is 0 Å². The second kappa shape index (κ2) is 10.1. The lowest BCUT2D eigenvalue weighted by atomic mass is 10.2. The first kappa shape index (κ1) is 14.9. The number of aromatic amines is 2. The molecule has 2 unspecified atom stereocenters. The summed E-state index contributed by atoms with van der Waals surface area (Å²) in [5.74, 6) is 0.936. The maximum atomic E-state index is 10.8. The summed E-state index contributed by atoms with van der Waals surface area (Å²) < 4.78 is 67.4. The number of nitrogens with one attached hydrogen (secondary N) is 2. The molecule has 2 aromatic heterocycles. The van der Waals surface area contributed by atoms with Crippen LogP contribution in [0.5, 0.6) is 11.5 Å². The highest BCUT2D eigenvalue weighted by Crippen LogP contribution is 2.25. The first-order chi connectivity index (χ1) is 18.3. The van der Waals surface area contributed by atoms with Crippen LogP contribution in [-0.4, -0.2) is 69.6 Å². The predicted molar refractivity (Wildman–Crippen MR) is 126 cm³/mol. The number of aliphatic hydroxyl groups excluding tert-OH is 2. The quantitative estimate of drug-likeness (QED) is 0.284. The zero-order chi connectivity index (χ0) is 28.4. The van der Waals surface area contributed by atoms with Gasteiger partial charge in [0, 0.05) is 62.9 Å². The molecular weight excluding hydrogens is 406 g/mol. The summed E-state index contributed by atoms with van der Waals surface area (Å²) in [6.07, 6.45) is 0.707. The Balaban J connectivity index is 1.50. The summed E-state index contributed by atoms with van der Waals surface area (Å²) >= 11 is 0. The van der Waals surface area contributed by atoms with Gasteiger partial charge in [0.1, 0.15) is 36.9 Å². The number of H-pyrrole nitrogens is 2. The third kappa shape index (κ3) is 5.24. The Morgan fingerprint density at radius 3 is 1.81 bits per heavy atom. The molecule has 2 heterocycles. The number of benzene rings is 2. The summed E-state index contributed by atoms with van der Waals surface area (Å²) in [7, 11) is 0. The molecular formula is C25H31N3O4. The van der Waals surface area contributed by atoms with Crippen molar-refractivity contribution in [3.8, 4) is 11.5 Å². The van der Waals surface area contributed by atoms with Crippen LogP contribution in [0, 0.1) is 0 Å². The molecule has 0 amide bonds. The molecule has 0 aliphatic carbocycles. The summed E-state index contributed by atoms with van der Waals surface area (Å²) in [5.41, 5.74) is 1.63. The zero-order valence-electron chi connectivity index (χ0n) is 24.4. The highest BCUT2D eigenvalue weighted by atomic mass is 16.5. The van der Waals surface area contributed by atoms with Gasteiger partial charge in [-0.05, 0) is 50.1 Å². The number of ether oxygens (including phenoxy) is 2. The molecule has 2 aromatic carbocycles. The number of rotatable bonds is 11. The molecule has 0 fully saturated rings. The molecule has 0 spiro atoms. The van der Waals surface area contributed by atoms with E-state index in [1.54, 1.807) is 48.8 Å². The fourth-order valence-electron chi connectivity index (χ4n) is 3.61. The van der Waals surface area contributed by atoms with Crippen LogP contribution >= 0.6 is 0 Å². The van der Waals surface area contributed by atoms with Crippen molar-refractivity contribution in [2.45, 2.75) is 31.9 Å².